The number of thioether (sulfide) groups is 1. The first kappa shape index (κ1) is 16.5. The number of nitrogens with one attached hydrogen (secondary N) is 1. The number of aryl methyl sites for hydroxylation is 1. The molecule has 0 unspecified atom stereocenters. The molecule has 1 aromatic carbocycles. The molecule has 0 radical (unpaired) electrons. The molecule has 0 atom stereocenters. The highest BCUT2D eigenvalue weighted by Gasteiger charge is 2.10. The highest BCUT2D eigenvalue weighted by atomic mass is 35.5. The van der Waals surface area contributed by atoms with Crippen LogP contribution in [0.2, 0.25) is 5.02 Å². The fraction of sp³-hybridized carbons (Fsp3) is 0.118. The molecule has 5 nitrogen and oxygen atoms in total. The summed E-state index contributed by atoms with van der Waals surface area (Å²) in [5, 5.41) is 4.17. The molecule has 0 aliphatic carbocycles. The first-order valence-electron chi connectivity index (χ1n) is 7.17. The third-order valence-corrected chi connectivity index (χ3v) is 4.75. The standard InChI is InChI=1S/C17H14ClN3O2S/c1-21-13-8-11(18)5-6-12(13)14(9-17(21)23)24-10-16(22)20-15-4-2-3-7-19-15/h2-9H,10H2,1H3,(H,19,20,22). The summed E-state index contributed by atoms with van der Waals surface area (Å²) < 4.78 is 1.54. The van der Waals surface area contributed by atoms with Gasteiger partial charge in [-0.25, -0.2) is 4.98 Å². The minimum absolute atomic E-state index is 0.141. The van der Waals surface area contributed by atoms with Crippen molar-refractivity contribution < 1.29 is 4.79 Å². The largest absolute Gasteiger partial charge is 0.311 e. The smallest absolute Gasteiger partial charge is 0.251 e. The summed E-state index contributed by atoms with van der Waals surface area (Å²) in [6.07, 6.45) is 1.61. The number of pyridine rings is 2. The molecule has 0 fully saturated rings. The average molecular weight is 360 g/mol. The van der Waals surface area contributed by atoms with Crippen LogP contribution in [0.5, 0.6) is 0 Å². The first-order chi connectivity index (χ1) is 11.5. The summed E-state index contributed by atoms with van der Waals surface area (Å²) >= 11 is 7.33. The summed E-state index contributed by atoms with van der Waals surface area (Å²) in [6, 6.07) is 12.2. The molecule has 0 spiro atoms. The van der Waals surface area contributed by atoms with E-state index in [-0.39, 0.29) is 17.2 Å². The Morgan fingerprint density at radius 1 is 1.29 bits per heavy atom. The Bertz CT molecular complexity index is 957. The van der Waals surface area contributed by atoms with E-state index in [1.165, 1.54) is 17.8 Å². The number of fused-ring (bicyclic) bond motifs is 1. The Morgan fingerprint density at radius 2 is 2.12 bits per heavy atom. The lowest BCUT2D eigenvalue weighted by molar-refractivity contribution is -0.113. The van der Waals surface area contributed by atoms with Crippen molar-refractivity contribution >= 4 is 46.0 Å². The van der Waals surface area contributed by atoms with Crippen LogP contribution in [-0.4, -0.2) is 21.2 Å². The van der Waals surface area contributed by atoms with Crippen LogP contribution in [0.4, 0.5) is 5.82 Å². The Labute approximate surface area is 147 Å². The number of hydrogen-bond acceptors (Lipinski definition) is 4. The van der Waals surface area contributed by atoms with Crippen LogP contribution >= 0.6 is 23.4 Å². The van der Waals surface area contributed by atoms with Crippen molar-refractivity contribution in [2.75, 3.05) is 11.1 Å². The van der Waals surface area contributed by atoms with Gasteiger partial charge in [0.05, 0.1) is 11.3 Å². The summed E-state index contributed by atoms with van der Waals surface area (Å²) in [5.41, 5.74) is 0.597. The van der Waals surface area contributed by atoms with Gasteiger partial charge in [-0.15, -0.1) is 11.8 Å². The van der Waals surface area contributed by atoms with Crippen LogP contribution in [0.15, 0.2) is 58.4 Å². The fourth-order valence-corrected chi connectivity index (χ4v) is 3.31. The molecule has 0 bridgehead atoms. The molecule has 7 heteroatoms. The second-order valence-electron chi connectivity index (χ2n) is 5.12. The van der Waals surface area contributed by atoms with Crippen LogP contribution in [0.25, 0.3) is 10.9 Å². The van der Waals surface area contributed by atoms with E-state index in [0.29, 0.717) is 10.8 Å². The van der Waals surface area contributed by atoms with Gasteiger partial charge in [-0.1, -0.05) is 23.7 Å². The highest BCUT2D eigenvalue weighted by Crippen LogP contribution is 2.28. The van der Waals surface area contributed by atoms with Crippen LogP contribution in [0.1, 0.15) is 0 Å². The molecule has 0 saturated carbocycles. The van der Waals surface area contributed by atoms with Gasteiger partial charge in [0.15, 0.2) is 0 Å². The number of rotatable bonds is 4. The molecule has 2 aromatic heterocycles. The Morgan fingerprint density at radius 3 is 2.88 bits per heavy atom. The molecular formula is C17H14ClN3O2S. The third kappa shape index (κ3) is 3.60. The molecule has 24 heavy (non-hydrogen) atoms. The van der Waals surface area contributed by atoms with Gasteiger partial charge in [0.2, 0.25) is 5.91 Å². The predicted molar refractivity (Wildman–Crippen MR) is 97.8 cm³/mol. The zero-order valence-electron chi connectivity index (χ0n) is 12.8. The van der Waals surface area contributed by atoms with Gasteiger partial charge in [-0.2, -0.15) is 0 Å². The highest BCUT2D eigenvalue weighted by molar-refractivity contribution is 8.00. The molecule has 3 rings (SSSR count). The number of halogens is 1. The average Bonchev–Trinajstić information content (AvgIpc) is 2.58. The zero-order valence-corrected chi connectivity index (χ0v) is 14.4. The fourth-order valence-electron chi connectivity index (χ4n) is 2.27. The molecule has 0 aliphatic heterocycles. The number of anilines is 1. The van der Waals surface area contributed by atoms with Gasteiger partial charge in [0.25, 0.3) is 5.56 Å². The van der Waals surface area contributed by atoms with E-state index in [4.69, 9.17) is 11.6 Å². The summed E-state index contributed by atoms with van der Waals surface area (Å²) in [5.74, 6) is 0.506. The molecule has 2 heterocycles. The van der Waals surface area contributed by atoms with E-state index in [0.717, 1.165) is 15.8 Å². The molecule has 1 amide bonds. The van der Waals surface area contributed by atoms with E-state index in [9.17, 15) is 9.59 Å². The SMILES string of the molecule is Cn1c(=O)cc(SCC(=O)Nc2ccccn2)c2ccc(Cl)cc21. The molecule has 122 valence electrons. The molecule has 0 saturated heterocycles. The number of amides is 1. The first-order valence-corrected chi connectivity index (χ1v) is 8.54. The van der Waals surface area contributed by atoms with Crippen molar-refractivity contribution in [1.29, 1.82) is 0 Å². The van der Waals surface area contributed by atoms with E-state index in [2.05, 4.69) is 10.3 Å². The van der Waals surface area contributed by atoms with Crippen molar-refractivity contribution in [3.05, 3.63) is 64.0 Å². The quantitative estimate of drug-likeness (QED) is 0.726. The number of aromatic nitrogens is 2. The van der Waals surface area contributed by atoms with Crippen LogP contribution in [0.3, 0.4) is 0 Å². The van der Waals surface area contributed by atoms with Gasteiger partial charge in [0.1, 0.15) is 5.82 Å². The van der Waals surface area contributed by atoms with Crippen molar-refractivity contribution in [1.82, 2.24) is 9.55 Å². The number of nitrogens with zero attached hydrogens (tertiary/aromatic N) is 2. The number of carbonyl (C=O) groups is 1. The van der Waals surface area contributed by atoms with Crippen molar-refractivity contribution in [3.63, 3.8) is 0 Å². The van der Waals surface area contributed by atoms with E-state index < -0.39 is 0 Å². The zero-order chi connectivity index (χ0) is 17.1. The normalized spacial score (nSPS) is 10.8. The molecule has 3 aromatic rings. The maximum atomic E-state index is 12.1. The lowest BCUT2D eigenvalue weighted by atomic mass is 10.2. The van der Waals surface area contributed by atoms with E-state index in [1.807, 2.05) is 6.07 Å². The van der Waals surface area contributed by atoms with Gasteiger partial charge < -0.3 is 9.88 Å². The number of hydrogen-bond donors (Lipinski definition) is 1. The minimum atomic E-state index is -0.179. The lowest BCUT2D eigenvalue weighted by Gasteiger charge is -2.10. The Hall–Kier alpha value is -2.31. The summed E-state index contributed by atoms with van der Waals surface area (Å²) in [4.78, 5) is 28.9. The van der Waals surface area contributed by atoms with Gasteiger partial charge >= 0.3 is 0 Å². The Balaban J connectivity index is 1.82. The van der Waals surface area contributed by atoms with Crippen molar-refractivity contribution in [2.45, 2.75) is 4.90 Å². The second kappa shape index (κ2) is 7.07. The van der Waals surface area contributed by atoms with Gasteiger partial charge in [-0.3, -0.25) is 9.59 Å². The third-order valence-electron chi connectivity index (χ3n) is 3.46. The van der Waals surface area contributed by atoms with Crippen LogP contribution in [0, 0.1) is 0 Å². The van der Waals surface area contributed by atoms with E-state index in [1.54, 1.807) is 48.1 Å². The van der Waals surface area contributed by atoms with E-state index >= 15 is 0 Å². The van der Waals surface area contributed by atoms with Gasteiger partial charge in [0, 0.05) is 34.6 Å². The lowest BCUT2D eigenvalue weighted by Crippen LogP contribution is -2.17. The summed E-state index contributed by atoms with van der Waals surface area (Å²) in [6.45, 7) is 0. The number of benzene rings is 1. The summed E-state index contributed by atoms with van der Waals surface area (Å²) in [7, 11) is 1.70. The van der Waals surface area contributed by atoms with Crippen LogP contribution < -0.4 is 10.9 Å². The topological polar surface area (TPSA) is 64.0 Å². The van der Waals surface area contributed by atoms with Crippen molar-refractivity contribution in [3.8, 4) is 0 Å². The monoisotopic (exact) mass is 359 g/mol. The number of carbonyl (C=O) groups excluding carboxylic acids is 1. The molecule has 1 N–H and O–H groups in total. The minimum Gasteiger partial charge on any atom is -0.311 e. The maximum absolute atomic E-state index is 12.1. The maximum Gasteiger partial charge on any atom is 0.251 e. The molecule has 0 aliphatic rings. The second-order valence-corrected chi connectivity index (χ2v) is 6.57. The Kier molecular flexibility index (Phi) is 4.87. The van der Waals surface area contributed by atoms with Gasteiger partial charge in [-0.05, 0) is 24.3 Å². The van der Waals surface area contributed by atoms with Crippen molar-refractivity contribution in [2.24, 2.45) is 7.05 Å². The van der Waals surface area contributed by atoms with Crippen LogP contribution in [-0.2, 0) is 11.8 Å². The predicted octanol–water partition coefficient (Wildman–Crippen LogP) is 3.32. The molecular weight excluding hydrogens is 346 g/mol.